The molecule has 0 radical (unpaired) electrons. The molecular weight excluding hydrogens is 497 g/mol. The monoisotopic (exact) mass is 517 g/mol. The summed E-state index contributed by atoms with van der Waals surface area (Å²) in [7, 11) is 3.40. The maximum absolute atomic E-state index is 13.8. The highest BCUT2D eigenvalue weighted by Gasteiger charge is 2.13. The van der Waals surface area contributed by atoms with Gasteiger partial charge in [-0.2, -0.15) is 0 Å². The number of nitrogens with zero attached hydrogens (tertiary/aromatic N) is 4. The maximum Gasteiger partial charge on any atom is 0.209 e. The minimum absolute atomic E-state index is 0. The first-order valence-corrected chi connectivity index (χ1v) is 10.6. The van der Waals surface area contributed by atoms with E-state index < -0.39 is 0 Å². The number of hydrogen-bond acceptors (Lipinski definition) is 7. The van der Waals surface area contributed by atoms with Crippen LogP contribution < -0.4 is 14.8 Å². The van der Waals surface area contributed by atoms with E-state index >= 15 is 0 Å². The van der Waals surface area contributed by atoms with Crippen molar-refractivity contribution in [2.75, 3.05) is 19.4 Å². The number of nitrogens with one attached hydrogen (secondary N) is 1. The molecule has 0 saturated carbocycles. The van der Waals surface area contributed by atoms with Gasteiger partial charge in [-0.05, 0) is 50.1 Å². The van der Waals surface area contributed by atoms with Crippen LogP contribution in [-0.4, -0.2) is 39.6 Å². The number of aryl methyl sites for hydroxylation is 1. The van der Waals surface area contributed by atoms with Gasteiger partial charge in [0.2, 0.25) is 5.16 Å². The van der Waals surface area contributed by atoms with Crippen LogP contribution in [-0.2, 0) is 20.2 Å². The summed E-state index contributed by atoms with van der Waals surface area (Å²) in [6.45, 7) is 1.58. The Morgan fingerprint density at radius 2 is 2.07 bits per heavy atom. The summed E-state index contributed by atoms with van der Waals surface area (Å²) in [5.41, 5.74) is 1.53. The maximum atomic E-state index is 13.8. The zero-order valence-corrected chi connectivity index (χ0v) is 19.7. The van der Waals surface area contributed by atoms with Crippen molar-refractivity contribution in [1.29, 1.82) is 0 Å². The van der Waals surface area contributed by atoms with Gasteiger partial charge in [0.1, 0.15) is 12.4 Å². The van der Waals surface area contributed by atoms with Crippen molar-refractivity contribution in [2.45, 2.75) is 18.3 Å². The van der Waals surface area contributed by atoms with Crippen molar-refractivity contribution in [3.8, 4) is 11.5 Å². The molecule has 11 heteroatoms. The molecule has 0 aliphatic carbocycles. The van der Waals surface area contributed by atoms with Gasteiger partial charge in [-0.3, -0.25) is 0 Å². The minimum atomic E-state index is -0.293. The highest BCUT2D eigenvalue weighted by atomic mass is 79.9. The molecular formula is C19H22BrClFN5O2S. The van der Waals surface area contributed by atoms with Gasteiger partial charge in [-0.25, -0.2) is 9.07 Å². The fourth-order valence-electron chi connectivity index (χ4n) is 2.57. The van der Waals surface area contributed by atoms with E-state index in [4.69, 9.17) is 9.47 Å². The van der Waals surface area contributed by atoms with Crippen LogP contribution in [0, 0.1) is 5.82 Å². The molecule has 0 bridgehead atoms. The Morgan fingerprint density at radius 1 is 1.27 bits per heavy atom. The van der Waals surface area contributed by atoms with E-state index in [0.29, 0.717) is 23.6 Å². The van der Waals surface area contributed by atoms with Crippen molar-refractivity contribution >= 4 is 40.1 Å². The molecule has 0 saturated heterocycles. The second-order valence-corrected chi connectivity index (χ2v) is 8.02. The Labute approximate surface area is 193 Å². The average molecular weight is 519 g/mol. The molecule has 3 aromatic rings. The summed E-state index contributed by atoms with van der Waals surface area (Å²) < 4.78 is 27.5. The molecule has 0 unspecified atom stereocenters. The highest BCUT2D eigenvalue weighted by Crippen LogP contribution is 2.37. The molecule has 1 heterocycles. The summed E-state index contributed by atoms with van der Waals surface area (Å²) >= 11 is 5.12. The molecule has 0 atom stereocenters. The van der Waals surface area contributed by atoms with Crippen LogP contribution in [0.1, 0.15) is 11.1 Å². The molecule has 3 rings (SSSR count). The lowest BCUT2D eigenvalue weighted by Crippen LogP contribution is -2.17. The van der Waals surface area contributed by atoms with Crippen LogP contribution in [0.5, 0.6) is 11.5 Å². The van der Waals surface area contributed by atoms with Crippen LogP contribution in [0.4, 0.5) is 4.39 Å². The topological polar surface area (TPSA) is 74.1 Å². The standard InChI is InChI=1S/C19H21BrFN5O2S.ClH/c1-26-19(23-24-25-26)29-8-7-22-11-13-9-15(20)18(17(10-13)27-2)28-12-14-5-3-4-6-16(14)21;/h3-6,9-10,22H,7-8,11-12H2,1-2H3;1H. The van der Waals surface area contributed by atoms with E-state index in [1.54, 1.807) is 41.8 Å². The largest absolute Gasteiger partial charge is 0.493 e. The summed E-state index contributed by atoms with van der Waals surface area (Å²) in [4.78, 5) is 0. The van der Waals surface area contributed by atoms with E-state index in [2.05, 4.69) is 36.8 Å². The molecule has 0 aliphatic rings. The van der Waals surface area contributed by atoms with Gasteiger partial charge in [-0.15, -0.1) is 17.5 Å². The van der Waals surface area contributed by atoms with Crippen LogP contribution in [0.2, 0.25) is 0 Å². The molecule has 162 valence electrons. The molecule has 0 fully saturated rings. The first-order valence-electron chi connectivity index (χ1n) is 8.87. The van der Waals surface area contributed by atoms with Crippen LogP contribution in [0.15, 0.2) is 46.0 Å². The fourth-order valence-corrected chi connectivity index (χ4v) is 3.92. The van der Waals surface area contributed by atoms with E-state index in [1.807, 2.05) is 19.2 Å². The smallest absolute Gasteiger partial charge is 0.209 e. The fraction of sp³-hybridized carbons (Fsp3) is 0.316. The number of hydrogen-bond donors (Lipinski definition) is 1. The van der Waals surface area contributed by atoms with Gasteiger partial charge in [0.15, 0.2) is 11.5 Å². The van der Waals surface area contributed by atoms with Crippen LogP contribution >= 0.6 is 40.1 Å². The molecule has 7 nitrogen and oxygen atoms in total. The number of aromatic nitrogens is 4. The highest BCUT2D eigenvalue weighted by molar-refractivity contribution is 9.10. The lowest BCUT2D eigenvalue weighted by Gasteiger charge is -2.15. The van der Waals surface area contributed by atoms with Crippen molar-refractivity contribution in [2.24, 2.45) is 7.05 Å². The number of ether oxygens (including phenoxy) is 2. The lowest BCUT2D eigenvalue weighted by molar-refractivity contribution is 0.277. The third kappa shape index (κ3) is 6.56. The third-order valence-electron chi connectivity index (χ3n) is 4.04. The number of halogens is 3. The zero-order valence-electron chi connectivity index (χ0n) is 16.5. The number of tetrazole rings is 1. The molecule has 2 aromatic carbocycles. The van der Waals surface area contributed by atoms with Gasteiger partial charge in [-0.1, -0.05) is 30.0 Å². The Balaban J connectivity index is 0.00000320. The Kier molecular flexibility index (Phi) is 9.83. The molecule has 30 heavy (non-hydrogen) atoms. The number of thioether (sulfide) groups is 1. The predicted molar refractivity (Wildman–Crippen MR) is 120 cm³/mol. The minimum Gasteiger partial charge on any atom is -0.493 e. The third-order valence-corrected chi connectivity index (χ3v) is 5.64. The van der Waals surface area contributed by atoms with Gasteiger partial charge in [0, 0.05) is 31.5 Å². The molecule has 0 spiro atoms. The Bertz CT molecular complexity index is 962. The van der Waals surface area contributed by atoms with Crippen molar-refractivity contribution < 1.29 is 13.9 Å². The summed E-state index contributed by atoms with van der Waals surface area (Å²) in [5, 5.41) is 15.5. The predicted octanol–water partition coefficient (Wildman–Crippen LogP) is 4.00. The van der Waals surface area contributed by atoms with Crippen molar-refractivity contribution in [3.63, 3.8) is 0 Å². The van der Waals surface area contributed by atoms with Gasteiger partial charge in [0.25, 0.3) is 0 Å². The molecule has 1 aromatic heterocycles. The van der Waals surface area contributed by atoms with Crippen molar-refractivity contribution in [1.82, 2.24) is 25.5 Å². The van der Waals surface area contributed by atoms with E-state index in [1.165, 1.54) is 6.07 Å². The summed E-state index contributed by atoms with van der Waals surface area (Å²) in [6, 6.07) is 10.4. The Morgan fingerprint density at radius 3 is 2.77 bits per heavy atom. The number of benzene rings is 2. The van der Waals surface area contributed by atoms with E-state index in [9.17, 15) is 4.39 Å². The quantitative estimate of drug-likeness (QED) is 0.321. The molecule has 0 aliphatic heterocycles. The molecule has 0 amide bonds. The van der Waals surface area contributed by atoms with E-state index in [-0.39, 0.29) is 24.8 Å². The second kappa shape index (κ2) is 12.1. The van der Waals surface area contributed by atoms with Gasteiger partial charge >= 0.3 is 0 Å². The Hall–Kier alpha value is -1.88. The van der Waals surface area contributed by atoms with Crippen molar-refractivity contribution in [3.05, 3.63) is 57.8 Å². The number of methoxy groups -OCH3 is 1. The first kappa shape index (κ1) is 24.4. The summed E-state index contributed by atoms with van der Waals surface area (Å²) in [6.07, 6.45) is 0. The summed E-state index contributed by atoms with van der Waals surface area (Å²) in [5.74, 6) is 1.69. The first-order chi connectivity index (χ1) is 14.1. The normalized spacial score (nSPS) is 10.5. The van der Waals surface area contributed by atoms with Crippen LogP contribution in [0.25, 0.3) is 0 Å². The zero-order chi connectivity index (χ0) is 20.6. The average Bonchev–Trinajstić information content (AvgIpc) is 3.12. The van der Waals surface area contributed by atoms with E-state index in [0.717, 1.165) is 27.5 Å². The van der Waals surface area contributed by atoms with Gasteiger partial charge < -0.3 is 14.8 Å². The molecule has 1 N–H and O–H groups in total. The SMILES string of the molecule is COc1cc(CNCCSc2nnnn2C)cc(Br)c1OCc1ccccc1F.Cl. The second-order valence-electron chi connectivity index (χ2n) is 6.10. The van der Waals surface area contributed by atoms with Gasteiger partial charge in [0.05, 0.1) is 11.6 Å². The van der Waals surface area contributed by atoms with Crippen LogP contribution in [0.3, 0.4) is 0 Å². The lowest BCUT2D eigenvalue weighted by atomic mass is 10.2. The number of rotatable bonds is 10.